The Kier molecular flexibility index (Phi) is 3.28. The lowest BCUT2D eigenvalue weighted by molar-refractivity contribution is -0.0463. The van der Waals surface area contributed by atoms with E-state index >= 15 is 0 Å². The Hall–Kier alpha value is -1.06. The van der Waals surface area contributed by atoms with Crippen molar-refractivity contribution in [2.24, 2.45) is 17.3 Å². The van der Waals surface area contributed by atoms with E-state index in [4.69, 9.17) is 4.74 Å². The molecule has 0 heterocycles. The highest BCUT2D eigenvalue weighted by molar-refractivity contribution is 5.41. The first kappa shape index (κ1) is 14.5. The molecule has 120 valence electrons. The second kappa shape index (κ2) is 4.97. The highest BCUT2D eigenvalue weighted by atomic mass is 16.5. The van der Waals surface area contributed by atoms with Crippen molar-refractivity contribution in [1.29, 1.82) is 0 Å². The average molecular weight is 302 g/mol. The maximum Gasteiger partial charge on any atom is 0.115 e. The van der Waals surface area contributed by atoms with E-state index in [0.29, 0.717) is 23.5 Å². The topological polar surface area (TPSA) is 49.7 Å². The largest absolute Gasteiger partial charge is 0.508 e. The Balaban J connectivity index is 1.77. The summed E-state index contributed by atoms with van der Waals surface area (Å²) in [6.45, 7) is 2.36. The summed E-state index contributed by atoms with van der Waals surface area (Å²) < 4.78 is 5.88. The first-order chi connectivity index (χ1) is 10.5. The number of fused-ring (bicyclic) bond motifs is 5. The SMILES string of the molecule is CO[C@H]1Cc2cc(O)ccc2[C@H]2CC[C@]3(C)C[C@@H](O)C[C@H]3[C@H]12. The molecule has 0 spiro atoms. The van der Waals surface area contributed by atoms with Gasteiger partial charge in [-0.05, 0) is 78.5 Å². The van der Waals surface area contributed by atoms with Gasteiger partial charge in [-0.2, -0.15) is 0 Å². The van der Waals surface area contributed by atoms with E-state index in [1.165, 1.54) is 24.0 Å². The Morgan fingerprint density at radius 2 is 2.14 bits per heavy atom. The maximum absolute atomic E-state index is 10.2. The molecule has 0 aromatic heterocycles. The summed E-state index contributed by atoms with van der Waals surface area (Å²) in [5.74, 6) is 1.91. The number of hydrogen-bond donors (Lipinski definition) is 2. The number of aromatic hydroxyl groups is 1. The molecule has 4 rings (SSSR count). The van der Waals surface area contributed by atoms with E-state index < -0.39 is 0 Å². The lowest BCUT2D eigenvalue weighted by atomic mass is 9.55. The summed E-state index contributed by atoms with van der Waals surface area (Å²) in [5.41, 5.74) is 2.92. The van der Waals surface area contributed by atoms with Crippen molar-refractivity contribution in [3.8, 4) is 5.75 Å². The number of hydrogen-bond acceptors (Lipinski definition) is 3. The lowest BCUT2D eigenvalue weighted by Crippen LogP contribution is -2.47. The molecule has 2 saturated carbocycles. The smallest absolute Gasteiger partial charge is 0.115 e. The second-order valence-corrected chi connectivity index (χ2v) is 7.94. The molecular formula is C19H26O3. The molecule has 0 saturated heterocycles. The summed E-state index contributed by atoms with van der Waals surface area (Å²) in [5, 5.41) is 20.0. The number of rotatable bonds is 1. The number of aliphatic hydroxyl groups excluding tert-OH is 1. The van der Waals surface area contributed by atoms with E-state index in [1.807, 2.05) is 19.2 Å². The van der Waals surface area contributed by atoms with Crippen LogP contribution in [0.5, 0.6) is 5.75 Å². The molecule has 1 aromatic carbocycles. The fourth-order valence-corrected chi connectivity index (χ4v) is 5.82. The Labute approximate surface area is 132 Å². The van der Waals surface area contributed by atoms with Gasteiger partial charge in [0.05, 0.1) is 12.2 Å². The normalized spacial score (nSPS) is 43.3. The lowest BCUT2D eigenvalue weighted by Gasteiger charge is -2.51. The van der Waals surface area contributed by atoms with Crippen LogP contribution in [0.3, 0.4) is 0 Å². The van der Waals surface area contributed by atoms with Crippen LogP contribution in [0, 0.1) is 17.3 Å². The summed E-state index contributed by atoms with van der Waals surface area (Å²) in [6, 6.07) is 5.84. The van der Waals surface area contributed by atoms with Gasteiger partial charge in [-0.1, -0.05) is 13.0 Å². The van der Waals surface area contributed by atoms with Crippen LogP contribution in [0.4, 0.5) is 0 Å². The van der Waals surface area contributed by atoms with Gasteiger partial charge in [0, 0.05) is 7.11 Å². The predicted molar refractivity (Wildman–Crippen MR) is 84.9 cm³/mol. The van der Waals surface area contributed by atoms with Gasteiger partial charge in [0.1, 0.15) is 5.75 Å². The van der Waals surface area contributed by atoms with E-state index in [1.54, 1.807) is 0 Å². The van der Waals surface area contributed by atoms with Crippen molar-refractivity contribution in [2.75, 3.05) is 7.11 Å². The molecular weight excluding hydrogens is 276 g/mol. The van der Waals surface area contributed by atoms with Gasteiger partial charge in [-0.15, -0.1) is 0 Å². The molecule has 0 aliphatic heterocycles. The van der Waals surface area contributed by atoms with Crippen LogP contribution in [0.1, 0.15) is 49.7 Å². The molecule has 1 aromatic rings. The van der Waals surface area contributed by atoms with Crippen LogP contribution in [0.25, 0.3) is 0 Å². The quantitative estimate of drug-likeness (QED) is 0.837. The van der Waals surface area contributed by atoms with Gasteiger partial charge >= 0.3 is 0 Å². The van der Waals surface area contributed by atoms with Crippen LogP contribution in [0.2, 0.25) is 0 Å². The second-order valence-electron chi connectivity index (χ2n) is 7.94. The Morgan fingerprint density at radius 1 is 1.32 bits per heavy atom. The first-order valence-corrected chi connectivity index (χ1v) is 8.54. The van der Waals surface area contributed by atoms with E-state index in [9.17, 15) is 10.2 Å². The zero-order valence-electron chi connectivity index (χ0n) is 13.5. The fourth-order valence-electron chi connectivity index (χ4n) is 5.82. The molecule has 2 fully saturated rings. The van der Waals surface area contributed by atoms with Crippen LogP contribution in [-0.4, -0.2) is 29.5 Å². The van der Waals surface area contributed by atoms with Gasteiger partial charge in [-0.3, -0.25) is 0 Å². The Bertz CT molecular complexity index is 584. The van der Waals surface area contributed by atoms with Crippen LogP contribution in [0.15, 0.2) is 18.2 Å². The molecule has 0 bridgehead atoms. The molecule has 0 amide bonds. The van der Waals surface area contributed by atoms with Crippen LogP contribution in [-0.2, 0) is 11.2 Å². The highest BCUT2D eigenvalue weighted by Gasteiger charge is 2.55. The van der Waals surface area contributed by atoms with Crippen molar-refractivity contribution in [3.05, 3.63) is 29.3 Å². The van der Waals surface area contributed by atoms with Crippen molar-refractivity contribution in [2.45, 2.75) is 57.2 Å². The van der Waals surface area contributed by atoms with Crippen LogP contribution < -0.4 is 0 Å². The van der Waals surface area contributed by atoms with E-state index in [0.717, 1.165) is 19.3 Å². The minimum absolute atomic E-state index is 0.146. The number of methoxy groups -OCH3 is 1. The summed E-state index contributed by atoms with van der Waals surface area (Å²) in [6.07, 6.45) is 5.16. The van der Waals surface area contributed by atoms with Gasteiger partial charge in [0.2, 0.25) is 0 Å². The van der Waals surface area contributed by atoms with Crippen molar-refractivity contribution in [3.63, 3.8) is 0 Å². The third-order valence-corrected chi connectivity index (χ3v) is 6.76. The Morgan fingerprint density at radius 3 is 2.91 bits per heavy atom. The average Bonchev–Trinajstić information content (AvgIpc) is 2.79. The number of ether oxygens (including phenoxy) is 1. The van der Waals surface area contributed by atoms with Gasteiger partial charge in [-0.25, -0.2) is 0 Å². The zero-order chi connectivity index (χ0) is 15.5. The summed E-state index contributed by atoms with van der Waals surface area (Å²) in [4.78, 5) is 0. The molecule has 6 atom stereocenters. The number of benzene rings is 1. The van der Waals surface area contributed by atoms with Crippen molar-refractivity contribution >= 4 is 0 Å². The molecule has 0 radical (unpaired) electrons. The molecule has 3 nitrogen and oxygen atoms in total. The molecule has 2 N–H and O–H groups in total. The molecule has 3 aliphatic carbocycles. The monoisotopic (exact) mass is 302 g/mol. The van der Waals surface area contributed by atoms with E-state index in [2.05, 4.69) is 13.0 Å². The highest BCUT2D eigenvalue weighted by Crippen LogP contribution is 2.61. The molecule has 22 heavy (non-hydrogen) atoms. The number of phenolic OH excluding ortho intramolecular Hbond substituents is 1. The fraction of sp³-hybridized carbons (Fsp3) is 0.684. The number of phenols is 1. The van der Waals surface area contributed by atoms with E-state index in [-0.39, 0.29) is 17.6 Å². The summed E-state index contributed by atoms with van der Waals surface area (Å²) >= 11 is 0. The predicted octanol–water partition coefficient (Wildman–Crippen LogP) is 3.23. The third-order valence-electron chi connectivity index (χ3n) is 6.76. The minimum atomic E-state index is -0.146. The maximum atomic E-state index is 10.2. The van der Waals surface area contributed by atoms with Crippen LogP contribution >= 0.6 is 0 Å². The standard InChI is InChI=1S/C19H26O3/c1-19-6-5-15-14-4-3-12(20)7-11(14)8-17(22-2)18(15)16(19)9-13(21)10-19/h3-4,7,13,15-18,20-21H,5-6,8-10H2,1-2H3/t13-,15+,16-,17-,18+,19+/m0/s1. The van der Waals surface area contributed by atoms with Crippen molar-refractivity contribution in [1.82, 2.24) is 0 Å². The first-order valence-electron chi connectivity index (χ1n) is 8.54. The number of aliphatic hydroxyl groups is 1. The molecule has 0 unspecified atom stereocenters. The van der Waals surface area contributed by atoms with Gasteiger partial charge < -0.3 is 14.9 Å². The molecule has 3 aliphatic rings. The minimum Gasteiger partial charge on any atom is -0.508 e. The third kappa shape index (κ3) is 2.02. The molecule has 3 heteroatoms. The van der Waals surface area contributed by atoms with Crippen molar-refractivity contribution < 1.29 is 14.9 Å². The zero-order valence-corrected chi connectivity index (χ0v) is 13.5. The van der Waals surface area contributed by atoms with Gasteiger partial charge in [0.15, 0.2) is 0 Å². The van der Waals surface area contributed by atoms with Gasteiger partial charge in [0.25, 0.3) is 0 Å². The summed E-state index contributed by atoms with van der Waals surface area (Å²) in [7, 11) is 1.81.